The summed E-state index contributed by atoms with van der Waals surface area (Å²) in [6.07, 6.45) is 0.987. The van der Waals surface area contributed by atoms with Crippen molar-refractivity contribution in [3.63, 3.8) is 0 Å². The number of nitrogens with one attached hydrogen (secondary N) is 2. The van der Waals surface area contributed by atoms with Crippen LogP contribution in [0.25, 0.3) is 27.5 Å². The summed E-state index contributed by atoms with van der Waals surface area (Å²) in [5.74, 6) is -3.03. The van der Waals surface area contributed by atoms with Gasteiger partial charge in [-0.3, -0.25) is 9.59 Å². The minimum Gasteiger partial charge on any atom is -0.478 e. The molecule has 0 unspecified atom stereocenters. The normalized spacial score (nSPS) is 11.9. The first kappa shape index (κ1) is 36.0. The van der Waals surface area contributed by atoms with E-state index in [1.807, 2.05) is 66.7 Å². The molecule has 0 radical (unpaired) electrons. The molecule has 0 spiro atoms. The summed E-state index contributed by atoms with van der Waals surface area (Å²) in [7, 11) is 0. The fraction of sp³-hybridized carbons (Fsp3) is 0.0476. The number of carboxylic acids is 2. The van der Waals surface area contributed by atoms with Crippen molar-refractivity contribution in [2.45, 2.75) is 12.8 Å². The summed E-state index contributed by atoms with van der Waals surface area (Å²) in [6, 6.07) is 40.2. The van der Waals surface area contributed by atoms with Crippen LogP contribution in [0.2, 0.25) is 0 Å². The topological polar surface area (TPSA) is 133 Å². The zero-order chi connectivity index (χ0) is 36.8. The Morgan fingerprint density at radius 2 is 1.12 bits per heavy atom. The zero-order valence-corrected chi connectivity index (χ0v) is 30.6. The Hall–Kier alpha value is -5.84. The van der Waals surface area contributed by atoms with Crippen LogP contribution in [0.3, 0.4) is 0 Å². The van der Waals surface area contributed by atoms with Crippen molar-refractivity contribution in [1.82, 2.24) is 0 Å². The van der Waals surface area contributed by atoms with E-state index < -0.39 is 17.8 Å². The second kappa shape index (κ2) is 16.0. The Balaban J connectivity index is 0.000000183. The molecule has 7 rings (SSSR count). The third kappa shape index (κ3) is 8.04. The number of rotatable bonds is 7. The molecule has 0 bridgehead atoms. The lowest BCUT2D eigenvalue weighted by molar-refractivity contribution is -0.130. The second-order valence-electron chi connectivity index (χ2n) is 11.8. The summed E-state index contributed by atoms with van der Waals surface area (Å²) in [5, 5.41) is 26.3. The minimum atomic E-state index is -1.12. The van der Waals surface area contributed by atoms with Gasteiger partial charge in [0.2, 0.25) is 0 Å². The van der Waals surface area contributed by atoms with E-state index in [1.165, 1.54) is 0 Å². The van der Waals surface area contributed by atoms with Crippen LogP contribution < -0.4 is 10.6 Å². The third-order valence-electron chi connectivity index (χ3n) is 8.54. The van der Waals surface area contributed by atoms with Crippen LogP contribution in [0.5, 0.6) is 0 Å². The van der Waals surface area contributed by atoms with E-state index in [0.29, 0.717) is 40.7 Å². The average molecular weight is 819 g/mol. The Morgan fingerprint density at radius 1 is 0.538 bits per heavy atom. The molecule has 10 heteroatoms. The molecule has 8 nitrogen and oxygen atoms in total. The van der Waals surface area contributed by atoms with Crippen LogP contribution in [-0.4, -0.2) is 34.0 Å². The molecule has 6 aromatic carbocycles. The van der Waals surface area contributed by atoms with E-state index in [2.05, 4.69) is 42.5 Å². The number of hydrogen-bond acceptors (Lipinski definition) is 4. The molecule has 0 saturated carbocycles. The Morgan fingerprint density at radius 3 is 1.73 bits per heavy atom. The molecular formula is C42H30Br2N2O6. The standard InChI is InChI=1S/C24H18BrNO3.C18H12BrNO3/c25-16-9-11-17(12-10-16)26-23(27)21-14-13-19-18(15-5-2-1-3-6-15)7-4-8-20(19)22(21)24(28)29;19-12-6-8-13(9-7-12)20-17(21)15-10-5-11-3-1-2-4-14(11)16(15)18(22)23/h1-12H,13-14H2,(H,26,27)(H,28,29);1-10H,(H,20,21)(H,22,23). The molecule has 258 valence electrons. The van der Waals surface area contributed by atoms with E-state index >= 15 is 0 Å². The number of aliphatic carboxylic acids is 1. The van der Waals surface area contributed by atoms with E-state index in [4.69, 9.17) is 0 Å². The van der Waals surface area contributed by atoms with Crippen molar-refractivity contribution in [2.24, 2.45) is 0 Å². The highest BCUT2D eigenvalue weighted by Crippen LogP contribution is 2.38. The number of aromatic carboxylic acids is 1. The van der Waals surface area contributed by atoms with E-state index in [9.17, 15) is 29.4 Å². The van der Waals surface area contributed by atoms with E-state index in [-0.39, 0.29) is 22.6 Å². The number of carbonyl (C=O) groups is 4. The average Bonchev–Trinajstić information content (AvgIpc) is 3.15. The molecule has 0 aromatic heterocycles. The predicted molar refractivity (Wildman–Crippen MR) is 211 cm³/mol. The van der Waals surface area contributed by atoms with Gasteiger partial charge < -0.3 is 20.8 Å². The van der Waals surface area contributed by atoms with Gasteiger partial charge in [0.05, 0.1) is 16.7 Å². The van der Waals surface area contributed by atoms with Gasteiger partial charge in [0.1, 0.15) is 0 Å². The summed E-state index contributed by atoms with van der Waals surface area (Å²) in [5.41, 5.74) is 5.39. The van der Waals surface area contributed by atoms with Gasteiger partial charge in [0.25, 0.3) is 11.8 Å². The van der Waals surface area contributed by atoms with Gasteiger partial charge in [-0.25, -0.2) is 9.59 Å². The number of amides is 2. The van der Waals surface area contributed by atoms with Gasteiger partial charge in [-0.1, -0.05) is 111 Å². The van der Waals surface area contributed by atoms with Gasteiger partial charge in [0, 0.05) is 25.9 Å². The SMILES string of the molecule is O=C(Nc1ccc(Br)cc1)c1ccc2ccccc2c1C(=O)O.O=C(O)C1=C(C(=O)Nc2ccc(Br)cc2)CCc2c1cccc2-c1ccccc1. The maximum atomic E-state index is 12.9. The molecule has 6 aromatic rings. The fourth-order valence-electron chi connectivity index (χ4n) is 6.15. The molecule has 52 heavy (non-hydrogen) atoms. The molecule has 0 heterocycles. The summed E-state index contributed by atoms with van der Waals surface area (Å²) >= 11 is 6.69. The van der Waals surface area contributed by atoms with E-state index in [0.717, 1.165) is 31.0 Å². The van der Waals surface area contributed by atoms with Crippen LogP contribution in [-0.2, 0) is 16.0 Å². The number of hydrogen-bond donors (Lipinski definition) is 4. The molecule has 0 aliphatic heterocycles. The Labute approximate surface area is 316 Å². The number of carboxylic acid groups (broad SMARTS) is 2. The zero-order valence-electron chi connectivity index (χ0n) is 27.4. The monoisotopic (exact) mass is 816 g/mol. The number of halogens is 2. The number of fused-ring (bicyclic) bond motifs is 2. The molecule has 0 saturated heterocycles. The van der Waals surface area contributed by atoms with Crippen molar-refractivity contribution in [3.8, 4) is 11.1 Å². The lowest BCUT2D eigenvalue weighted by atomic mass is 9.81. The van der Waals surface area contributed by atoms with Gasteiger partial charge in [-0.05, 0) is 100 Å². The molecular weight excluding hydrogens is 788 g/mol. The highest BCUT2D eigenvalue weighted by atomic mass is 79.9. The first-order chi connectivity index (χ1) is 25.1. The lowest BCUT2D eigenvalue weighted by Crippen LogP contribution is -2.22. The summed E-state index contributed by atoms with van der Waals surface area (Å²) < 4.78 is 1.80. The molecule has 4 N–H and O–H groups in total. The largest absolute Gasteiger partial charge is 0.478 e. The maximum Gasteiger partial charge on any atom is 0.337 e. The molecule has 0 fully saturated rings. The lowest BCUT2D eigenvalue weighted by Gasteiger charge is -2.23. The van der Waals surface area contributed by atoms with Crippen LogP contribution in [0, 0.1) is 0 Å². The van der Waals surface area contributed by atoms with Gasteiger partial charge in [-0.2, -0.15) is 0 Å². The van der Waals surface area contributed by atoms with Gasteiger partial charge in [0.15, 0.2) is 0 Å². The minimum absolute atomic E-state index is 0.0118. The summed E-state index contributed by atoms with van der Waals surface area (Å²) in [6.45, 7) is 0. The van der Waals surface area contributed by atoms with Crippen molar-refractivity contribution in [2.75, 3.05) is 10.6 Å². The molecule has 2 amide bonds. The first-order valence-corrected chi connectivity index (χ1v) is 17.7. The molecule has 1 aliphatic carbocycles. The van der Waals surface area contributed by atoms with Crippen molar-refractivity contribution in [1.29, 1.82) is 0 Å². The Bertz CT molecular complexity index is 2360. The van der Waals surface area contributed by atoms with Gasteiger partial charge in [-0.15, -0.1) is 0 Å². The smallest absolute Gasteiger partial charge is 0.337 e. The first-order valence-electron chi connectivity index (χ1n) is 16.1. The highest BCUT2D eigenvalue weighted by molar-refractivity contribution is 9.10. The highest BCUT2D eigenvalue weighted by Gasteiger charge is 2.29. The Kier molecular flexibility index (Phi) is 11.1. The van der Waals surface area contributed by atoms with Crippen molar-refractivity contribution < 1.29 is 29.4 Å². The maximum absolute atomic E-state index is 12.9. The number of anilines is 2. The predicted octanol–water partition coefficient (Wildman–Crippen LogP) is 10.1. The van der Waals surface area contributed by atoms with Crippen LogP contribution >= 0.6 is 31.9 Å². The van der Waals surface area contributed by atoms with Crippen molar-refractivity contribution >= 4 is 83.3 Å². The quantitative estimate of drug-likeness (QED) is 0.127. The van der Waals surface area contributed by atoms with E-state index in [1.54, 1.807) is 66.7 Å². The molecule has 1 aliphatic rings. The number of carbonyl (C=O) groups excluding carboxylic acids is 2. The molecule has 0 atom stereocenters. The number of benzene rings is 6. The van der Waals surface area contributed by atoms with Crippen LogP contribution in [0.15, 0.2) is 148 Å². The van der Waals surface area contributed by atoms with Crippen LogP contribution in [0.4, 0.5) is 11.4 Å². The second-order valence-corrected chi connectivity index (χ2v) is 13.6. The van der Waals surface area contributed by atoms with Crippen molar-refractivity contribution in [3.05, 3.63) is 170 Å². The summed E-state index contributed by atoms with van der Waals surface area (Å²) in [4.78, 5) is 49.2. The van der Waals surface area contributed by atoms with Crippen LogP contribution in [0.1, 0.15) is 38.3 Å². The fourth-order valence-corrected chi connectivity index (χ4v) is 6.68. The van der Waals surface area contributed by atoms with Gasteiger partial charge >= 0.3 is 11.9 Å². The third-order valence-corrected chi connectivity index (χ3v) is 9.59.